The molecule has 5 nitrogen and oxygen atoms in total. The Morgan fingerprint density at radius 3 is 2.30 bits per heavy atom. The first-order valence-corrected chi connectivity index (χ1v) is 8.56. The minimum Gasteiger partial charge on any atom is -0.480 e. The number of benzene rings is 1. The van der Waals surface area contributed by atoms with Gasteiger partial charge in [0.05, 0.1) is 7.11 Å². The van der Waals surface area contributed by atoms with Crippen LogP contribution in [0.2, 0.25) is 0 Å². The summed E-state index contributed by atoms with van der Waals surface area (Å²) in [5.74, 6) is -0.893. The van der Waals surface area contributed by atoms with Gasteiger partial charge in [-0.15, -0.1) is 0 Å². The quantitative estimate of drug-likeness (QED) is 0.554. The van der Waals surface area contributed by atoms with Gasteiger partial charge in [-0.25, -0.2) is 9.97 Å². The maximum absolute atomic E-state index is 13.6. The summed E-state index contributed by atoms with van der Waals surface area (Å²) >= 11 is 3.21. The van der Waals surface area contributed by atoms with Crippen molar-refractivity contribution in [2.45, 2.75) is 13.1 Å². The molecular weight excluding hydrogens is 425 g/mol. The van der Waals surface area contributed by atoms with Crippen LogP contribution in [0.3, 0.4) is 0 Å². The average molecular weight is 439 g/mol. The number of aromatic nitrogens is 3. The Labute approximate surface area is 161 Å². The standard InChI is InChI=1S/C18H14BrF3N4O/c1-10-3-6-12(7-4-10)24-16-14(18(20,21)22)17(27-2)26-15(25-16)11-5-8-13(19)23-9-11/h3-9H,1-2H3,(H,24,25,26). The number of hydrogen-bond acceptors (Lipinski definition) is 5. The van der Waals surface area contributed by atoms with E-state index in [2.05, 4.69) is 36.2 Å². The smallest absolute Gasteiger partial charge is 0.425 e. The maximum Gasteiger partial charge on any atom is 0.425 e. The second kappa shape index (κ2) is 7.51. The zero-order valence-electron chi connectivity index (χ0n) is 14.3. The molecule has 2 aromatic heterocycles. The molecule has 0 fully saturated rings. The lowest BCUT2D eigenvalue weighted by atomic mass is 10.2. The van der Waals surface area contributed by atoms with Crippen LogP contribution in [-0.4, -0.2) is 22.1 Å². The van der Waals surface area contributed by atoms with Gasteiger partial charge in [-0.2, -0.15) is 18.2 Å². The summed E-state index contributed by atoms with van der Waals surface area (Å²) in [6.07, 6.45) is -3.24. The molecule has 0 unspecified atom stereocenters. The summed E-state index contributed by atoms with van der Waals surface area (Å²) in [6.45, 7) is 1.89. The highest BCUT2D eigenvalue weighted by Gasteiger charge is 2.40. The van der Waals surface area contributed by atoms with Crippen LogP contribution in [0.4, 0.5) is 24.7 Å². The number of alkyl halides is 3. The summed E-state index contributed by atoms with van der Waals surface area (Å²) in [7, 11) is 1.14. The number of aryl methyl sites for hydroxylation is 1. The zero-order chi connectivity index (χ0) is 19.6. The molecule has 0 saturated heterocycles. The highest BCUT2D eigenvalue weighted by Crippen LogP contribution is 2.41. The monoisotopic (exact) mass is 438 g/mol. The van der Waals surface area contributed by atoms with Gasteiger partial charge >= 0.3 is 6.18 Å². The number of ether oxygens (including phenoxy) is 1. The predicted molar refractivity (Wildman–Crippen MR) is 99.0 cm³/mol. The van der Waals surface area contributed by atoms with Crippen LogP contribution < -0.4 is 10.1 Å². The van der Waals surface area contributed by atoms with E-state index < -0.39 is 23.4 Å². The molecule has 2 heterocycles. The molecule has 3 aromatic rings. The summed E-state index contributed by atoms with van der Waals surface area (Å²) in [5.41, 5.74) is 0.835. The molecule has 9 heteroatoms. The van der Waals surface area contributed by atoms with E-state index in [-0.39, 0.29) is 5.82 Å². The molecule has 0 radical (unpaired) electrons. The van der Waals surface area contributed by atoms with Crippen molar-refractivity contribution >= 4 is 27.4 Å². The molecule has 0 saturated carbocycles. The number of anilines is 2. The lowest BCUT2D eigenvalue weighted by Crippen LogP contribution is -2.14. The molecule has 0 amide bonds. The van der Waals surface area contributed by atoms with E-state index in [1.165, 1.54) is 6.20 Å². The number of rotatable bonds is 4. The van der Waals surface area contributed by atoms with Gasteiger partial charge < -0.3 is 10.1 Å². The van der Waals surface area contributed by atoms with Crippen molar-refractivity contribution in [1.29, 1.82) is 0 Å². The van der Waals surface area contributed by atoms with Crippen molar-refractivity contribution in [2.24, 2.45) is 0 Å². The van der Waals surface area contributed by atoms with Crippen LogP contribution in [0.5, 0.6) is 5.88 Å². The van der Waals surface area contributed by atoms with Gasteiger partial charge in [0.25, 0.3) is 0 Å². The van der Waals surface area contributed by atoms with Gasteiger partial charge in [-0.05, 0) is 47.1 Å². The number of hydrogen-bond donors (Lipinski definition) is 1. The number of nitrogens with zero attached hydrogens (tertiary/aromatic N) is 3. The van der Waals surface area contributed by atoms with Crippen LogP contribution in [0.1, 0.15) is 11.1 Å². The molecule has 0 spiro atoms. The van der Waals surface area contributed by atoms with Gasteiger partial charge in [0.15, 0.2) is 17.2 Å². The Morgan fingerprint density at radius 2 is 1.74 bits per heavy atom. The molecular formula is C18H14BrF3N4O. The lowest BCUT2D eigenvalue weighted by molar-refractivity contribution is -0.138. The van der Waals surface area contributed by atoms with Crippen molar-refractivity contribution in [3.63, 3.8) is 0 Å². The minimum atomic E-state index is -4.70. The molecule has 0 aliphatic rings. The first kappa shape index (κ1) is 19.1. The largest absolute Gasteiger partial charge is 0.480 e. The van der Waals surface area contributed by atoms with E-state index in [1.54, 1.807) is 36.4 Å². The van der Waals surface area contributed by atoms with Crippen molar-refractivity contribution in [3.05, 3.63) is 58.3 Å². The Hall–Kier alpha value is -2.68. The predicted octanol–water partition coefficient (Wildman–Crippen LogP) is 5.38. The normalized spacial score (nSPS) is 11.3. The topological polar surface area (TPSA) is 59.9 Å². The molecule has 1 aromatic carbocycles. The summed E-state index contributed by atoms with van der Waals surface area (Å²) in [6, 6.07) is 10.2. The second-order valence-electron chi connectivity index (χ2n) is 5.64. The molecule has 0 bridgehead atoms. The van der Waals surface area contributed by atoms with Crippen LogP contribution in [-0.2, 0) is 6.18 Å². The molecule has 140 valence electrons. The van der Waals surface area contributed by atoms with Crippen molar-refractivity contribution in [2.75, 3.05) is 12.4 Å². The molecule has 1 N–H and O–H groups in total. The van der Waals surface area contributed by atoms with Gasteiger partial charge in [0, 0.05) is 17.4 Å². The highest BCUT2D eigenvalue weighted by atomic mass is 79.9. The van der Waals surface area contributed by atoms with Gasteiger partial charge in [0.2, 0.25) is 5.88 Å². The van der Waals surface area contributed by atoms with E-state index >= 15 is 0 Å². The fourth-order valence-electron chi connectivity index (χ4n) is 2.34. The van der Waals surface area contributed by atoms with Crippen LogP contribution in [0.15, 0.2) is 47.2 Å². The minimum absolute atomic E-state index is 0.0643. The number of pyridine rings is 1. The van der Waals surface area contributed by atoms with Gasteiger partial charge in [-0.1, -0.05) is 17.7 Å². The van der Waals surface area contributed by atoms with E-state index in [4.69, 9.17) is 4.74 Å². The average Bonchev–Trinajstić information content (AvgIpc) is 2.62. The third-order valence-corrected chi connectivity index (χ3v) is 4.12. The van der Waals surface area contributed by atoms with Crippen LogP contribution in [0, 0.1) is 6.92 Å². The molecule has 0 aliphatic heterocycles. The van der Waals surface area contributed by atoms with Crippen molar-refractivity contribution in [3.8, 4) is 17.3 Å². The van der Waals surface area contributed by atoms with Crippen LogP contribution >= 0.6 is 15.9 Å². The van der Waals surface area contributed by atoms with Crippen molar-refractivity contribution < 1.29 is 17.9 Å². The van der Waals surface area contributed by atoms with E-state index in [9.17, 15) is 13.2 Å². The Balaban J connectivity index is 2.15. The number of halogens is 4. The molecule has 27 heavy (non-hydrogen) atoms. The Kier molecular flexibility index (Phi) is 5.31. The third-order valence-electron chi connectivity index (χ3n) is 3.65. The fraction of sp³-hybridized carbons (Fsp3) is 0.167. The summed E-state index contributed by atoms with van der Waals surface area (Å²) < 4.78 is 46.4. The van der Waals surface area contributed by atoms with Gasteiger partial charge in [0.1, 0.15) is 4.60 Å². The number of methoxy groups -OCH3 is 1. The SMILES string of the molecule is COc1nc(-c2ccc(Br)nc2)nc(Nc2ccc(C)cc2)c1C(F)(F)F. The third kappa shape index (κ3) is 4.36. The Bertz CT molecular complexity index is 945. The maximum atomic E-state index is 13.6. The Morgan fingerprint density at radius 1 is 1.04 bits per heavy atom. The number of nitrogens with one attached hydrogen (secondary N) is 1. The molecule has 0 atom stereocenters. The molecule has 3 rings (SSSR count). The first-order chi connectivity index (χ1) is 12.8. The molecule has 0 aliphatic carbocycles. The lowest BCUT2D eigenvalue weighted by Gasteiger charge is -2.17. The van der Waals surface area contributed by atoms with Crippen molar-refractivity contribution in [1.82, 2.24) is 15.0 Å². The first-order valence-electron chi connectivity index (χ1n) is 7.77. The van der Waals surface area contributed by atoms with Gasteiger partial charge in [-0.3, -0.25) is 0 Å². The van der Waals surface area contributed by atoms with E-state index in [0.717, 1.165) is 12.7 Å². The summed E-state index contributed by atoms with van der Waals surface area (Å²) in [4.78, 5) is 12.1. The van der Waals surface area contributed by atoms with E-state index in [1.807, 2.05) is 6.92 Å². The highest BCUT2D eigenvalue weighted by molar-refractivity contribution is 9.10. The second-order valence-corrected chi connectivity index (χ2v) is 6.45. The fourth-order valence-corrected chi connectivity index (χ4v) is 2.58. The zero-order valence-corrected chi connectivity index (χ0v) is 15.9. The summed E-state index contributed by atoms with van der Waals surface area (Å²) in [5, 5.41) is 2.72. The van der Waals surface area contributed by atoms with E-state index in [0.29, 0.717) is 15.9 Å². The van der Waals surface area contributed by atoms with Crippen LogP contribution in [0.25, 0.3) is 11.4 Å².